The molecule has 0 saturated heterocycles. The van der Waals surface area contributed by atoms with E-state index in [-0.39, 0.29) is 17.8 Å². The van der Waals surface area contributed by atoms with Gasteiger partial charge in [0.2, 0.25) is 5.91 Å². The highest BCUT2D eigenvalue weighted by Crippen LogP contribution is 2.35. The number of hydrogen-bond acceptors (Lipinski definition) is 3. The van der Waals surface area contributed by atoms with Gasteiger partial charge in [0.05, 0.1) is 0 Å². The Labute approximate surface area is 117 Å². The topological polar surface area (TPSA) is 64.4 Å². The molecule has 2 aliphatic rings. The van der Waals surface area contributed by atoms with E-state index >= 15 is 0 Å². The first-order valence-electron chi connectivity index (χ1n) is 7.07. The molecule has 20 heavy (non-hydrogen) atoms. The summed E-state index contributed by atoms with van der Waals surface area (Å²) in [5.41, 5.74) is 4.94. The lowest BCUT2D eigenvalue weighted by Crippen LogP contribution is -2.55. The Bertz CT molecular complexity index is 501. The number of halogens is 1. The highest BCUT2D eigenvalue weighted by molar-refractivity contribution is 5.85. The molecule has 3 N–H and O–H groups in total. The van der Waals surface area contributed by atoms with E-state index < -0.39 is 5.54 Å². The van der Waals surface area contributed by atoms with E-state index in [1.807, 2.05) is 0 Å². The maximum absolute atomic E-state index is 12.9. The first-order chi connectivity index (χ1) is 9.57. The van der Waals surface area contributed by atoms with Crippen molar-refractivity contribution in [1.82, 2.24) is 5.32 Å². The summed E-state index contributed by atoms with van der Waals surface area (Å²) in [5.74, 6) is 0.0448. The van der Waals surface area contributed by atoms with E-state index in [4.69, 9.17) is 10.5 Å². The van der Waals surface area contributed by atoms with Crippen molar-refractivity contribution in [3.05, 3.63) is 30.1 Å². The number of benzene rings is 1. The maximum Gasteiger partial charge on any atom is 0.237 e. The van der Waals surface area contributed by atoms with Crippen LogP contribution in [0, 0.1) is 5.82 Å². The van der Waals surface area contributed by atoms with Crippen LogP contribution in [0.25, 0.3) is 0 Å². The van der Waals surface area contributed by atoms with Crippen molar-refractivity contribution in [3.8, 4) is 5.75 Å². The Hall–Kier alpha value is -1.62. The predicted molar refractivity (Wildman–Crippen MR) is 72.8 cm³/mol. The Morgan fingerprint density at radius 1 is 1.30 bits per heavy atom. The molecule has 2 atom stereocenters. The van der Waals surface area contributed by atoms with Crippen molar-refractivity contribution in [2.24, 2.45) is 5.73 Å². The number of ether oxygens (including phenoxy) is 1. The fourth-order valence-electron chi connectivity index (χ4n) is 2.85. The van der Waals surface area contributed by atoms with E-state index in [9.17, 15) is 9.18 Å². The molecule has 0 bridgehead atoms. The van der Waals surface area contributed by atoms with Crippen LogP contribution in [0.2, 0.25) is 0 Å². The minimum atomic E-state index is -0.633. The summed E-state index contributed by atoms with van der Waals surface area (Å²) < 4.78 is 18.7. The van der Waals surface area contributed by atoms with Crippen molar-refractivity contribution in [2.75, 3.05) is 0 Å². The number of carbonyl (C=O) groups excluding carboxylic acids is 1. The summed E-state index contributed by atoms with van der Waals surface area (Å²) >= 11 is 0. The zero-order valence-electron chi connectivity index (χ0n) is 11.3. The lowest BCUT2D eigenvalue weighted by atomic mass is 9.96. The first kappa shape index (κ1) is 13.4. The van der Waals surface area contributed by atoms with Gasteiger partial charge < -0.3 is 15.8 Å². The standard InChI is InChI=1S/C15H19FN2O2/c16-10-1-5-12(6-2-10)20-13-7-8-15(9-13,14(17)19)18-11-3-4-11/h1-2,5-6,11,13,18H,3-4,7-9H2,(H2,17,19). The van der Waals surface area contributed by atoms with Gasteiger partial charge in [-0.25, -0.2) is 4.39 Å². The van der Waals surface area contributed by atoms with Crippen LogP contribution in [-0.4, -0.2) is 23.6 Å². The molecule has 108 valence electrons. The normalized spacial score (nSPS) is 29.4. The number of rotatable bonds is 5. The molecule has 2 fully saturated rings. The zero-order valence-corrected chi connectivity index (χ0v) is 11.3. The van der Waals surface area contributed by atoms with Crippen LogP contribution in [-0.2, 0) is 4.79 Å². The van der Waals surface area contributed by atoms with Crippen LogP contribution in [0.5, 0.6) is 5.75 Å². The minimum absolute atomic E-state index is 0.0563. The second-order valence-electron chi connectivity index (χ2n) is 5.80. The van der Waals surface area contributed by atoms with E-state index in [0.717, 1.165) is 19.3 Å². The van der Waals surface area contributed by atoms with E-state index in [2.05, 4.69) is 5.32 Å². The van der Waals surface area contributed by atoms with Gasteiger partial charge in [0.25, 0.3) is 0 Å². The highest BCUT2D eigenvalue weighted by Gasteiger charge is 2.47. The zero-order chi connectivity index (χ0) is 14.2. The van der Waals surface area contributed by atoms with Crippen LogP contribution in [0.1, 0.15) is 32.1 Å². The van der Waals surface area contributed by atoms with E-state index in [1.54, 1.807) is 12.1 Å². The molecule has 1 aromatic carbocycles. The van der Waals surface area contributed by atoms with E-state index in [1.165, 1.54) is 12.1 Å². The van der Waals surface area contributed by atoms with Gasteiger partial charge in [-0.15, -0.1) is 0 Å². The van der Waals surface area contributed by atoms with Crippen molar-refractivity contribution in [1.29, 1.82) is 0 Å². The Balaban J connectivity index is 1.65. The molecule has 1 amide bonds. The lowest BCUT2D eigenvalue weighted by Gasteiger charge is -2.27. The van der Waals surface area contributed by atoms with Crippen molar-refractivity contribution in [3.63, 3.8) is 0 Å². The fourth-order valence-corrected chi connectivity index (χ4v) is 2.85. The predicted octanol–water partition coefficient (Wildman–Crippen LogP) is 1.73. The SMILES string of the molecule is NC(=O)C1(NC2CC2)CCC(Oc2ccc(F)cc2)C1. The molecule has 0 radical (unpaired) electrons. The number of carbonyl (C=O) groups is 1. The summed E-state index contributed by atoms with van der Waals surface area (Å²) in [5, 5.41) is 3.38. The van der Waals surface area contributed by atoms with Gasteiger partial charge in [0.1, 0.15) is 23.2 Å². The molecule has 0 spiro atoms. The molecular formula is C15H19FN2O2. The van der Waals surface area contributed by atoms with Crippen LogP contribution >= 0.6 is 0 Å². The molecule has 0 aromatic heterocycles. The van der Waals surface area contributed by atoms with Crippen molar-refractivity contribution in [2.45, 2.75) is 49.8 Å². The van der Waals surface area contributed by atoms with Gasteiger partial charge in [-0.3, -0.25) is 4.79 Å². The van der Waals surface area contributed by atoms with Gasteiger partial charge in [-0.1, -0.05) is 0 Å². The number of amides is 1. The van der Waals surface area contributed by atoms with Gasteiger partial charge in [0, 0.05) is 12.5 Å². The Kier molecular flexibility index (Phi) is 3.38. The molecule has 0 heterocycles. The van der Waals surface area contributed by atoms with Gasteiger partial charge in [-0.2, -0.15) is 0 Å². The summed E-state index contributed by atoms with van der Waals surface area (Å²) in [6, 6.07) is 6.37. The fraction of sp³-hybridized carbons (Fsp3) is 0.533. The van der Waals surface area contributed by atoms with Gasteiger partial charge in [-0.05, 0) is 49.9 Å². The third-order valence-corrected chi connectivity index (χ3v) is 4.12. The first-order valence-corrected chi connectivity index (χ1v) is 7.07. The molecule has 1 aromatic rings. The maximum atomic E-state index is 12.9. The van der Waals surface area contributed by atoms with Crippen LogP contribution in [0.3, 0.4) is 0 Å². The summed E-state index contributed by atoms with van der Waals surface area (Å²) in [6.07, 6.45) is 4.22. The molecular weight excluding hydrogens is 259 g/mol. The molecule has 3 rings (SSSR count). The second kappa shape index (κ2) is 5.05. The number of nitrogens with one attached hydrogen (secondary N) is 1. The second-order valence-corrected chi connectivity index (χ2v) is 5.80. The number of hydrogen-bond donors (Lipinski definition) is 2. The third kappa shape index (κ3) is 2.77. The quantitative estimate of drug-likeness (QED) is 0.862. The lowest BCUT2D eigenvalue weighted by molar-refractivity contribution is -0.124. The summed E-state index contributed by atoms with van der Waals surface area (Å²) in [4.78, 5) is 11.8. The number of primary amides is 1. The van der Waals surface area contributed by atoms with Gasteiger partial charge in [0.15, 0.2) is 0 Å². The van der Waals surface area contributed by atoms with Crippen LogP contribution < -0.4 is 15.8 Å². The molecule has 2 aliphatic carbocycles. The Morgan fingerprint density at radius 3 is 2.60 bits per heavy atom. The van der Waals surface area contributed by atoms with Crippen LogP contribution in [0.4, 0.5) is 4.39 Å². The molecule has 2 unspecified atom stereocenters. The molecule has 0 aliphatic heterocycles. The van der Waals surface area contributed by atoms with Crippen LogP contribution in [0.15, 0.2) is 24.3 Å². The summed E-state index contributed by atoms with van der Waals surface area (Å²) in [7, 11) is 0. The number of nitrogens with two attached hydrogens (primary N) is 1. The van der Waals surface area contributed by atoms with Gasteiger partial charge >= 0.3 is 0 Å². The molecule has 2 saturated carbocycles. The summed E-state index contributed by atoms with van der Waals surface area (Å²) in [6.45, 7) is 0. The average Bonchev–Trinajstić information content (AvgIpc) is 3.12. The largest absolute Gasteiger partial charge is 0.490 e. The average molecular weight is 278 g/mol. The smallest absolute Gasteiger partial charge is 0.237 e. The van der Waals surface area contributed by atoms with Crippen molar-refractivity contribution >= 4 is 5.91 Å². The minimum Gasteiger partial charge on any atom is -0.490 e. The van der Waals surface area contributed by atoms with Crippen molar-refractivity contribution < 1.29 is 13.9 Å². The third-order valence-electron chi connectivity index (χ3n) is 4.12. The molecule has 5 heteroatoms. The highest BCUT2D eigenvalue weighted by atomic mass is 19.1. The van der Waals surface area contributed by atoms with E-state index in [0.29, 0.717) is 24.6 Å². The monoisotopic (exact) mass is 278 g/mol. The molecule has 4 nitrogen and oxygen atoms in total. The Morgan fingerprint density at radius 2 is 2.00 bits per heavy atom.